The van der Waals surface area contributed by atoms with Gasteiger partial charge in [0.25, 0.3) is 0 Å². The van der Waals surface area contributed by atoms with Gasteiger partial charge in [0.1, 0.15) is 6.61 Å². The van der Waals surface area contributed by atoms with Crippen molar-refractivity contribution < 1.29 is 14.3 Å². The van der Waals surface area contributed by atoms with Crippen molar-refractivity contribution in [1.29, 1.82) is 0 Å². The van der Waals surface area contributed by atoms with Gasteiger partial charge in [0.05, 0.1) is 12.1 Å². The first-order valence-corrected chi connectivity index (χ1v) is 7.19. The molecule has 3 heterocycles. The van der Waals surface area contributed by atoms with Gasteiger partial charge >= 0.3 is 6.03 Å². The predicted octanol–water partition coefficient (Wildman–Crippen LogP) is 0.182. The number of fused-ring (bicyclic) bond motifs is 1. The Morgan fingerprint density at radius 2 is 1.95 bits per heavy atom. The van der Waals surface area contributed by atoms with E-state index in [0.717, 1.165) is 38.9 Å². The van der Waals surface area contributed by atoms with Gasteiger partial charge < -0.3 is 19.9 Å². The molecule has 0 aliphatic carbocycles. The lowest BCUT2D eigenvalue weighted by atomic mass is 10.0. The number of urea groups is 1. The number of carbonyl (C=O) groups is 2. The van der Waals surface area contributed by atoms with Crippen molar-refractivity contribution >= 4 is 11.9 Å². The maximum atomic E-state index is 12.4. The molecule has 106 valence electrons. The average Bonchev–Trinajstić information content (AvgIpc) is 2.46. The molecule has 1 N–H and O–H groups in total. The van der Waals surface area contributed by atoms with E-state index in [1.54, 1.807) is 0 Å². The average molecular weight is 267 g/mol. The number of hydrogen-bond acceptors (Lipinski definition) is 3. The van der Waals surface area contributed by atoms with Crippen molar-refractivity contribution in [3.63, 3.8) is 0 Å². The molecule has 6 heteroatoms. The molecule has 3 saturated heterocycles. The molecular weight excluding hydrogens is 246 g/mol. The predicted molar refractivity (Wildman–Crippen MR) is 68.7 cm³/mol. The quantitative estimate of drug-likeness (QED) is 0.681. The smallest absolute Gasteiger partial charge is 0.320 e. The minimum Gasteiger partial charge on any atom is -0.366 e. The van der Waals surface area contributed by atoms with Crippen molar-refractivity contribution in [3.8, 4) is 0 Å². The highest BCUT2D eigenvalue weighted by Gasteiger charge is 2.37. The van der Waals surface area contributed by atoms with Crippen molar-refractivity contribution in [2.45, 2.75) is 37.8 Å². The van der Waals surface area contributed by atoms with Gasteiger partial charge in [0.15, 0.2) is 0 Å². The van der Waals surface area contributed by atoms with Gasteiger partial charge in [-0.25, -0.2) is 4.79 Å². The molecule has 0 radical (unpaired) electrons. The van der Waals surface area contributed by atoms with Gasteiger partial charge in [-0.3, -0.25) is 4.79 Å². The molecule has 0 aromatic carbocycles. The largest absolute Gasteiger partial charge is 0.366 e. The summed E-state index contributed by atoms with van der Waals surface area (Å²) in [5.41, 5.74) is 0. The van der Waals surface area contributed by atoms with Crippen LogP contribution in [0.5, 0.6) is 0 Å². The Morgan fingerprint density at radius 1 is 1.16 bits per heavy atom. The maximum Gasteiger partial charge on any atom is 0.320 e. The second-order valence-corrected chi connectivity index (χ2v) is 5.59. The zero-order valence-corrected chi connectivity index (χ0v) is 11.1. The van der Waals surface area contributed by atoms with Crippen molar-refractivity contribution in [2.24, 2.45) is 0 Å². The van der Waals surface area contributed by atoms with Gasteiger partial charge in [0, 0.05) is 26.2 Å². The fourth-order valence-corrected chi connectivity index (χ4v) is 3.16. The van der Waals surface area contributed by atoms with Crippen LogP contribution in [0.1, 0.15) is 25.7 Å². The van der Waals surface area contributed by atoms with Crippen LogP contribution in [0.4, 0.5) is 4.79 Å². The fourth-order valence-electron chi connectivity index (χ4n) is 3.16. The molecule has 6 nitrogen and oxygen atoms in total. The number of likely N-dealkylation sites (tertiary alicyclic amines) is 2. The number of carbonyl (C=O) groups excluding carboxylic acids is 2. The lowest BCUT2D eigenvalue weighted by Crippen LogP contribution is -2.62. The number of nitrogens with one attached hydrogen (secondary N) is 1. The molecule has 3 aliphatic heterocycles. The highest BCUT2D eigenvalue weighted by atomic mass is 16.5. The number of rotatable bonds is 0. The molecule has 0 aromatic rings. The normalized spacial score (nSPS) is 31.7. The van der Waals surface area contributed by atoms with Crippen molar-refractivity contribution in [3.05, 3.63) is 0 Å². The molecule has 2 unspecified atom stereocenters. The summed E-state index contributed by atoms with van der Waals surface area (Å²) < 4.78 is 5.50. The van der Waals surface area contributed by atoms with Crippen LogP contribution in [0.15, 0.2) is 0 Å². The summed E-state index contributed by atoms with van der Waals surface area (Å²) in [5, 5.41) is 2.93. The van der Waals surface area contributed by atoms with E-state index in [1.165, 1.54) is 6.42 Å². The highest BCUT2D eigenvalue weighted by Crippen LogP contribution is 2.20. The van der Waals surface area contributed by atoms with E-state index >= 15 is 0 Å². The Hall–Kier alpha value is -1.30. The zero-order chi connectivity index (χ0) is 13.2. The number of ether oxygens (including phenoxy) is 1. The third-order valence-electron chi connectivity index (χ3n) is 4.22. The summed E-state index contributed by atoms with van der Waals surface area (Å²) in [5.74, 6) is -0.0754. The first-order chi connectivity index (χ1) is 9.24. The van der Waals surface area contributed by atoms with Crippen LogP contribution < -0.4 is 5.32 Å². The van der Waals surface area contributed by atoms with Crippen LogP contribution in [-0.4, -0.2) is 66.7 Å². The monoisotopic (exact) mass is 267 g/mol. The summed E-state index contributed by atoms with van der Waals surface area (Å²) in [7, 11) is 0. The molecule has 3 fully saturated rings. The topological polar surface area (TPSA) is 61.9 Å². The van der Waals surface area contributed by atoms with Crippen LogP contribution >= 0.6 is 0 Å². The summed E-state index contributed by atoms with van der Waals surface area (Å²) in [4.78, 5) is 27.6. The number of piperidine rings is 2. The van der Waals surface area contributed by atoms with Gasteiger partial charge in [-0.1, -0.05) is 0 Å². The lowest BCUT2D eigenvalue weighted by Gasteiger charge is -2.43. The van der Waals surface area contributed by atoms with Gasteiger partial charge in [0.2, 0.25) is 5.91 Å². The Labute approximate surface area is 113 Å². The molecule has 19 heavy (non-hydrogen) atoms. The molecule has 2 atom stereocenters. The number of amides is 3. The third-order valence-corrected chi connectivity index (χ3v) is 4.22. The zero-order valence-electron chi connectivity index (χ0n) is 11.1. The molecule has 0 spiro atoms. The minimum absolute atomic E-state index is 0.0382. The summed E-state index contributed by atoms with van der Waals surface area (Å²) in [6, 6.07) is 0.0849. The van der Waals surface area contributed by atoms with Crippen LogP contribution in [0, 0.1) is 0 Å². The van der Waals surface area contributed by atoms with Crippen LogP contribution in [0.2, 0.25) is 0 Å². The van der Waals surface area contributed by atoms with Crippen LogP contribution in [0.3, 0.4) is 0 Å². The molecule has 3 aliphatic rings. The molecule has 0 aromatic heterocycles. The molecule has 0 saturated carbocycles. The van der Waals surface area contributed by atoms with E-state index in [9.17, 15) is 9.59 Å². The third kappa shape index (κ3) is 2.68. The first-order valence-electron chi connectivity index (χ1n) is 7.19. The van der Waals surface area contributed by atoms with Gasteiger partial charge in [-0.15, -0.1) is 0 Å². The molecule has 0 bridgehead atoms. The van der Waals surface area contributed by atoms with Crippen LogP contribution in [-0.2, 0) is 9.53 Å². The second-order valence-electron chi connectivity index (χ2n) is 5.59. The Kier molecular flexibility index (Phi) is 3.59. The Morgan fingerprint density at radius 3 is 2.74 bits per heavy atom. The van der Waals surface area contributed by atoms with E-state index in [2.05, 4.69) is 5.32 Å². The standard InChI is InChI=1S/C13H21N3O3/c17-12-9-19-11-4-7-16(8-10(11)14-12)13(18)15-5-2-1-3-6-15/h10-11H,1-9H2,(H,14,17). The van der Waals surface area contributed by atoms with Crippen molar-refractivity contribution in [1.82, 2.24) is 15.1 Å². The van der Waals surface area contributed by atoms with E-state index in [4.69, 9.17) is 4.74 Å². The fraction of sp³-hybridized carbons (Fsp3) is 0.846. The van der Waals surface area contributed by atoms with E-state index in [-0.39, 0.29) is 30.7 Å². The second kappa shape index (κ2) is 5.36. The van der Waals surface area contributed by atoms with Crippen molar-refractivity contribution in [2.75, 3.05) is 32.8 Å². The lowest BCUT2D eigenvalue weighted by molar-refractivity contribution is -0.139. The number of hydrogen-bond donors (Lipinski definition) is 1. The van der Waals surface area contributed by atoms with E-state index in [0.29, 0.717) is 6.54 Å². The van der Waals surface area contributed by atoms with E-state index < -0.39 is 0 Å². The first kappa shape index (κ1) is 12.7. The van der Waals surface area contributed by atoms with Gasteiger partial charge in [-0.05, 0) is 25.7 Å². The molecule has 3 amide bonds. The summed E-state index contributed by atoms with van der Waals surface area (Å²) in [6.07, 6.45) is 4.31. The SMILES string of the molecule is O=C1COC2CCN(C(=O)N3CCCCC3)CC2N1. The molecular formula is C13H21N3O3. The van der Waals surface area contributed by atoms with Gasteiger partial charge in [-0.2, -0.15) is 0 Å². The van der Waals surface area contributed by atoms with Crippen LogP contribution in [0.25, 0.3) is 0 Å². The summed E-state index contributed by atoms with van der Waals surface area (Å²) >= 11 is 0. The molecule has 3 rings (SSSR count). The Balaban J connectivity index is 1.59. The minimum atomic E-state index is -0.0754. The Bertz CT molecular complexity index is 368. The highest BCUT2D eigenvalue weighted by molar-refractivity contribution is 5.79. The number of nitrogens with zero attached hydrogens (tertiary/aromatic N) is 2. The van der Waals surface area contributed by atoms with E-state index in [1.807, 2.05) is 9.80 Å². The number of morpholine rings is 1. The maximum absolute atomic E-state index is 12.4. The summed E-state index contributed by atoms with van der Waals surface area (Å²) in [6.45, 7) is 3.19.